The maximum Gasteiger partial charge on any atom is 0.157 e. The van der Waals surface area contributed by atoms with Crippen LogP contribution >= 0.6 is 0 Å². The predicted octanol–water partition coefficient (Wildman–Crippen LogP) is 0.628. The lowest BCUT2D eigenvalue weighted by atomic mass is 10.1. The molecule has 2 aromatic rings. The van der Waals surface area contributed by atoms with Gasteiger partial charge in [-0.25, -0.2) is 4.98 Å². The highest BCUT2D eigenvalue weighted by Gasteiger charge is 2.25. The van der Waals surface area contributed by atoms with Gasteiger partial charge in [0.15, 0.2) is 5.65 Å². The molecule has 2 aliphatic rings. The fourth-order valence-electron chi connectivity index (χ4n) is 2.87. The van der Waals surface area contributed by atoms with E-state index in [1.165, 1.54) is 23.5 Å². The van der Waals surface area contributed by atoms with Crippen LogP contribution in [-0.2, 0) is 12.8 Å². The van der Waals surface area contributed by atoms with Crippen molar-refractivity contribution >= 4 is 11.5 Å². The molecule has 4 heterocycles. The Hall–Kier alpha value is -1.62. The van der Waals surface area contributed by atoms with Gasteiger partial charge < -0.3 is 10.2 Å². The van der Waals surface area contributed by atoms with E-state index in [0.29, 0.717) is 0 Å². The van der Waals surface area contributed by atoms with E-state index < -0.39 is 0 Å². The zero-order chi connectivity index (χ0) is 11.9. The summed E-state index contributed by atoms with van der Waals surface area (Å²) in [4.78, 5) is 7.21. The third-order valence-electron chi connectivity index (χ3n) is 3.94. The summed E-state index contributed by atoms with van der Waals surface area (Å²) >= 11 is 0. The van der Waals surface area contributed by atoms with Crippen LogP contribution in [0.5, 0.6) is 0 Å². The summed E-state index contributed by atoms with van der Waals surface area (Å²) in [6, 6.07) is 2.00. The molecular formula is C13H17N5. The highest BCUT2D eigenvalue weighted by molar-refractivity contribution is 5.58. The molecule has 0 amide bonds. The van der Waals surface area contributed by atoms with Crippen molar-refractivity contribution in [2.45, 2.75) is 19.3 Å². The molecule has 5 heteroatoms. The van der Waals surface area contributed by atoms with Gasteiger partial charge in [-0.1, -0.05) is 0 Å². The van der Waals surface area contributed by atoms with Crippen LogP contribution in [0.4, 0.5) is 5.82 Å². The van der Waals surface area contributed by atoms with Crippen molar-refractivity contribution in [3.8, 4) is 0 Å². The maximum absolute atomic E-state index is 4.77. The molecule has 5 nitrogen and oxygen atoms in total. The first kappa shape index (κ1) is 10.3. The normalized spacial score (nSPS) is 19.4. The van der Waals surface area contributed by atoms with Gasteiger partial charge in [-0.05, 0) is 19.4 Å². The average Bonchev–Trinajstić information content (AvgIpc) is 2.64. The predicted molar refractivity (Wildman–Crippen MR) is 70.1 cm³/mol. The second-order valence-corrected chi connectivity index (χ2v) is 5.05. The molecule has 2 aromatic heterocycles. The molecule has 0 unspecified atom stereocenters. The van der Waals surface area contributed by atoms with Crippen LogP contribution in [0.3, 0.4) is 0 Å². The lowest BCUT2D eigenvalue weighted by Crippen LogP contribution is -2.39. The van der Waals surface area contributed by atoms with Gasteiger partial charge >= 0.3 is 0 Å². The largest absolute Gasteiger partial charge is 0.356 e. The number of hydrogen-bond acceptors (Lipinski definition) is 4. The smallest absolute Gasteiger partial charge is 0.157 e. The van der Waals surface area contributed by atoms with Gasteiger partial charge in [0.1, 0.15) is 5.82 Å². The molecule has 0 bridgehead atoms. The van der Waals surface area contributed by atoms with Crippen LogP contribution in [-0.4, -0.2) is 40.8 Å². The summed E-state index contributed by atoms with van der Waals surface area (Å²) < 4.78 is 2.02. The minimum atomic E-state index is 0.984. The first-order valence-corrected chi connectivity index (χ1v) is 6.74. The van der Waals surface area contributed by atoms with Crippen LogP contribution in [0.15, 0.2) is 12.3 Å². The van der Waals surface area contributed by atoms with E-state index in [2.05, 4.69) is 15.3 Å². The van der Waals surface area contributed by atoms with E-state index >= 15 is 0 Å². The van der Waals surface area contributed by atoms with Crippen LogP contribution in [0.1, 0.15) is 17.7 Å². The van der Waals surface area contributed by atoms with E-state index in [0.717, 1.165) is 44.7 Å². The number of nitrogens with one attached hydrogen (secondary N) is 1. The quantitative estimate of drug-likeness (QED) is 0.798. The van der Waals surface area contributed by atoms with Crippen molar-refractivity contribution in [2.24, 2.45) is 0 Å². The molecule has 1 saturated heterocycles. The first-order valence-electron chi connectivity index (χ1n) is 6.74. The van der Waals surface area contributed by atoms with Crippen molar-refractivity contribution in [1.82, 2.24) is 19.9 Å². The molecule has 4 rings (SSSR count). The number of rotatable bonds is 1. The summed E-state index contributed by atoms with van der Waals surface area (Å²) in [7, 11) is 0. The van der Waals surface area contributed by atoms with Gasteiger partial charge in [0.2, 0.25) is 0 Å². The molecule has 0 aliphatic carbocycles. The minimum Gasteiger partial charge on any atom is -0.356 e. The van der Waals surface area contributed by atoms with Gasteiger partial charge in [-0.3, -0.25) is 0 Å². The zero-order valence-corrected chi connectivity index (χ0v) is 10.4. The van der Waals surface area contributed by atoms with Crippen molar-refractivity contribution in [3.05, 3.63) is 23.5 Å². The third-order valence-corrected chi connectivity index (χ3v) is 3.94. The number of fused-ring (bicyclic) bond motifs is 2. The zero-order valence-electron chi connectivity index (χ0n) is 10.4. The van der Waals surface area contributed by atoms with Crippen molar-refractivity contribution in [3.63, 3.8) is 0 Å². The monoisotopic (exact) mass is 243 g/mol. The summed E-state index contributed by atoms with van der Waals surface area (Å²) in [5.74, 6) is 1.29. The van der Waals surface area contributed by atoms with E-state index in [4.69, 9.17) is 4.98 Å². The fraction of sp³-hybridized carbons (Fsp3) is 0.538. The molecule has 0 aromatic carbocycles. The summed E-state index contributed by atoms with van der Waals surface area (Å²) in [5, 5.41) is 7.91. The van der Waals surface area contributed by atoms with E-state index in [9.17, 15) is 0 Å². The second kappa shape index (κ2) is 3.95. The van der Waals surface area contributed by atoms with Gasteiger partial charge in [0.05, 0.1) is 11.9 Å². The van der Waals surface area contributed by atoms with Crippen molar-refractivity contribution < 1.29 is 0 Å². The Morgan fingerprint density at radius 1 is 1.17 bits per heavy atom. The number of nitrogens with zero attached hydrogens (tertiary/aromatic N) is 4. The van der Waals surface area contributed by atoms with Gasteiger partial charge in [0.25, 0.3) is 0 Å². The highest BCUT2D eigenvalue weighted by Crippen LogP contribution is 2.29. The molecule has 94 valence electrons. The maximum atomic E-state index is 4.77. The fourth-order valence-corrected chi connectivity index (χ4v) is 2.87. The average molecular weight is 243 g/mol. The Morgan fingerprint density at radius 3 is 2.89 bits per heavy atom. The standard InChI is InChI=1S/C13H17N5/c1-8-17(9-1)13-10-2-5-14-6-3-11(10)16-12-4-7-15-18(12)13/h4,7,14H,1-3,5-6,8-9H2. The lowest BCUT2D eigenvalue weighted by molar-refractivity contribution is 0.594. The molecule has 2 aliphatic heterocycles. The molecular weight excluding hydrogens is 226 g/mol. The molecule has 1 N–H and O–H groups in total. The van der Waals surface area contributed by atoms with Gasteiger partial charge in [-0.2, -0.15) is 9.61 Å². The van der Waals surface area contributed by atoms with E-state index in [1.54, 1.807) is 0 Å². The SMILES string of the molecule is c1cc2nc3c(c(N4CCC4)n2n1)CCNCC3. The second-order valence-electron chi connectivity index (χ2n) is 5.05. The van der Waals surface area contributed by atoms with Crippen molar-refractivity contribution in [1.29, 1.82) is 0 Å². The summed E-state index contributed by atoms with van der Waals surface area (Å²) in [6.07, 6.45) is 5.23. The van der Waals surface area contributed by atoms with Crippen molar-refractivity contribution in [2.75, 3.05) is 31.1 Å². The van der Waals surface area contributed by atoms with Crippen LogP contribution in [0.25, 0.3) is 5.65 Å². The summed E-state index contributed by atoms with van der Waals surface area (Å²) in [5.41, 5.74) is 3.64. The lowest BCUT2D eigenvalue weighted by Gasteiger charge is -2.35. The Labute approximate surface area is 106 Å². The number of hydrogen-bond donors (Lipinski definition) is 1. The molecule has 18 heavy (non-hydrogen) atoms. The van der Waals surface area contributed by atoms with Crippen LogP contribution in [0.2, 0.25) is 0 Å². The van der Waals surface area contributed by atoms with E-state index in [1.807, 2.05) is 16.8 Å². The molecule has 0 saturated carbocycles. The van der Waals surface area contributed by atoms with Gasteiger partial charge in [-0.15, -0.1) is 0 Å². The Bertz CT molecular complexity index is 584. The minimum absolute atomic E-state index is 0.984. The molecule has 0 spiro atoms. The Morgan fingerprint density at radius 2 is 2.06 bits per heavy atom. The Kier molecular flexibility index (Phi) is 2.26. The molecule has 0 radical (unpaired) electrons. The number of aromatic nitrogens is 3. The highest BCUT2D eigenvalue weighted by atomic mass is 15.4. The third kappa shape index (κ3) is 1.43. The van der Waals surface area contributed by atoms with Gasteiger partial charge in [0, 0.05) is 37.7 Å². The molecule has 0 atom stereocenters. The number of anilines is 1. The Balaban J connectivity index is 1.97. The molecule has 1 fully saturated rings. The van der Waals surface area contributed by atoms with Crippen LogP contribution in [0, 0.1) is 0 Å². The summed E-state index contributed by atoms with van der Waals surface area (Å²) in [6.45, 7) is 4.38. The van der Waals surface area contributed by atoms with E-state index in [-0.39, 0.29) is 0 Å². The van der Waals surface area contributed by atoms with Crippen LogP contribution < -0.4 is 10.2 Å². The first-order chi connectivity index (χ1) is 8.93. The topological polar surface area (TPSA) is 45.5 Å².